The molecule has 0 unspecified atom stereocenters. The standard InChI is InChI=1S/C18H19ClN2O/c1-14-5-4-6-15(13-14)9-11-20-18(22)21-12-10-16-7-2-3-8-17(16)19/h2-9,11,13H,10,12H2,1H3,(H2,20,21,22)/b11-9+. The predicted octanol–water partition coefficient (Wildman–Crippen LogP) is 4.16. The number of benzene rings is 2. The van der Waals surface area contributed by atoms with Crippen LogP contribution >= 0.6 is 11.6 Å². The van der Waals surface area contributed by atoms with E-state index in [2.05, 4.69) is 10.6 Å². The van der Waals surface area contributed by atoms with E-state index >= 15 is 0 Å². The number of carbonyl (C=O) groups is 1. The molecule has 0 spiro atoms. The Morgan fingerprint density at radius 1 is 1.18 bits per heavy atom. The number of amides is 2. The fourth-order valence-electron chi connectivity index (χ4n) is 2.05. The molecule has 0 aliphatic rings. The summed E-state index contributed by atoms with van der Waals surface area (Å²) in [7, 11) is 0. The molecule has 0 aliphatic heterocycles. The van der Waals surface area contributed by atoms with Gasteiger partial charge in [-0.25, -0.2) is 4.79 Å². The zero-order valence-corrected chi connectivity index (χ0v) is 13.2. The molecule has 114 valence electrons. The van der Waals surface area contributed by atoms with Gasteiger partial charge in [-0.05, 0) is 36.6 Å². The first kappa shape index (κ1) is 16.1. The fraction of sp³-hybridized carbons (Fsp3) is 0.167. The Labute approximate surface area is 136 Å². The van der Waals surface area contributed by atoms with Gasteiger partial charge in [-0.2, -0.15) is 0 Å². The lowest BCUT2D eigenvalue weighted by molar-refractivity contribution is 0.244. The van der Waals surface area contributed by atoms with Crippen molar-refractivity contribution >= 4 is 23.7 Å². The molecule has 2 amide bonds. The number of nitrogens with one attached hydrogen (secondary N) is 2. The van der Waals surface area contributed by atoms with Crippen LogP contribution in [0, 0.1) is 6.92 Å². The van der Waals surface area contributed by atoms with Gasteiger partial charge in [-0.3, -0.25) is 0 Å². The highest BCUT2D eigenvalue weighted by atomic mass is 35.5. The average Bonchev–Trinajstić information content (AvgIpc) is 2.49. The molecule has 0 bridgehead atoms. The van der Waals surface area contributed by atoms with Gasteiger partial charge in [-0.1, -0.05) is 59.6 Å². The molecular weight excluding hydrogens is 296 g/mol. The number of hydrogen-bond donors (Lipinski definition) is 2. The van der Waals surface area contributed by atoms with Gasteiger partial charge < -0.3 is 10.6 Å². The number of rotatable bonds is 5. The van der Waals surface area contributed by atoms with Crippen molar-refractivity contribution in [1.29, 1.82) is 0 Å². The Morgan fingerprint density at radius 3 is 2.77 bits per heavy atom. The normalized spacial score (nSPS) is 10.6. The maximum Gasteiger partial charge on any atom is 0.318 e. The van der Waals surface area contributed by atoms with Crippen molar-refractivity contribution in [2.24, 2.45) is 0 Å². The van der Waals surface area contributed by atoms with Gasteiger partial charge in [-0.15, -0.1) is 0 Å². The van der Waals surface area contributed by atoms with Crippen LogP contribution in [-0.4, -0.2) is 12.6 Å². The Balaban J connectivity index is 1.73. The van der Waals surface area contributed by atoms with Gasteiger partial charge in [0.2, 0.25) is 0 Å². The van der Waals surface area contributed by atoms with Crippen molar-refractivity contribution in [3.05, 3.63) is 76.4 Å². The molecule has 2 aromatic rings. The highest BCUT2D eigenvalue weighted by Crippen LogP contribution is 2.14. The summed E-state index contributed by atoms with van der Waals surface area (Å²) >= 11 is 6.06. The van der Waals surface area contributed by atoms with E-state index in [1.54, 1.807) is 6.20 Å². The van der Waals surface area contributed by atoms with Gasteiger partial charge >= 0.3 is 6.03 Å². The lowest BCUT2D eigenvalue weighted by atomic mass is 10.1. The highest BCUT2D eigenvalue weighted by Gasteiger charge is 2.00. The Hall–Kier alpha value is -2.26. The molecule has 0 aromatic heterocycles. The van der Waals surface area contributed by atoms with Crippen LogP contribution in [0.5, 0.6) is 0 Å². The summed E-state index contributed by atoms with van der Waals surface area (Å²) in [5.74, 6) is 0. The molecule has 3 nitrogen and oxygen atoms in total. The summed E-state index contributed by atoms with van der Waals surface area (Å²) in [6, 6.07) is 15.5. The van der Waals surface area contributed by atoms with E-state index in [-0.39, 0.29) is 6.03 Å². The van der Waals surface area contributed by atoms with E-state index in [1.807, 2.05) is 61.5 Å². The van der Waals surface area contributed by atoms with Crippen LogP contribution in [0.3, 0.4) is 0 Å². The molecule has 0 saturated carbocycles. The van der Waals surface area contributed by atoms with E-state index in [4.69, 9.17) is 11.6 Å². The van der Waals surface area contributed by atoms with Gasteiger partial charge in [0.05, 0.1) is 0 Å². The Bertz CT molecular complexity index is 668. The number of halogens is 1. The van der Waals surface area contributed by atoms with Crippen LogP contribution < -0.4 is 10.6 Å². The second-order valence-electron chi connectivity index (χ2n) is 4.99. The molecule has 0 fully saturated rings. The zero-order chi connectivity index (χ0) is 15.8. The fourth-order valence-corrected chi connectivity index (χ4v) is 2.28. The molecule has 0 atom stereocenters. The number of urea groups is 1. The summed E-state index contributed by atoms with van der Waals surface area (Å²) in [6.45, 7) is 2.57. The summed E-state index contributed by atoms with van der Waals surface area (Å²) in [6.07, 6.45) is 4.20. The minimum atomic E-state index is -0.226. The number of aryl methyl sites for hydroxylation is 1. The van der Waals surface area contributed by atoms with Crippen molar-refractivity contribution in [2.45, 2.75) is 13.3 Å². The summed E-state index contributed by atoms with van der Waals surface area (Å²) in [5.41, 5.74) is 3.27. The van der Waals surface area contributed by atoms with Crippen LogP contribution in [0.1, 0.15) is 16.7 Å². The number of carbonyl (C=O) groups excluding carboxylic acids is 1. The topological polar surface area (TPSA) is 41.1 Å². The van der Waals surface area contributed by atoms with E-state index in [1.165, 1.54) is 5.56 Å². The van der Waals surface area contributed by atoms with Crippen molar-refractivity contribution in [3.63, 3.8) is 0 Å². The van der Waals surface area contributed by atoms with Crippen molar-refractivity contribution in [2.75, 3.05) is 6.54 Å². The molecule has 0 aliphatic carbocycles. The Morgan fingerprint density at radius 2 is 2.00 bits per heavy atom. The molecule has 0 saturated heterocycles. The first-order valence-electron chi connectivity index (χ1n) is 7.16. The largest absolute Gasteiger partial charge is 0.338 e. The summed E-state index contributed by atoms with van der Waals surface area (Å²) < 4.78 is 0. The quantitative estimate of drug-likeness (QED) is 0.854. The van der Waals surface area contributed by atoms with Crippen molar-refractivity contribution in [3.8, 4) is 0 Å². The lowest BCUT2D eigenvalue weighted by Crippen LogP contribution is -2.33. The van der Waals surface area contributed by atoms with Crippen LogP contribution in [0.15, 0.2) is 54.7 Å². The lowest BCUT2D eigenvalue weighted by Gasteiger charge is -2.06. The molecule has 22 heavy (non-hydrogen) atoms. The molecule has 0 heterocycles. The van der Waals surface area contributed by atoms with Crippen LogP contribution in [0.4, 0.5) is 4.79 Å². The SMILES string of the molecule is Cc1cccc(/C=C/NC(=O)NCCc2ccccc2Cl)c1. The molecule has 2 N–H and O–H groups in total. The predicted molar refractivity (Wildman–Crippen MR) is 91.9 cm³/mol. The molecule has 0 radical (unpaired) electrons. The minimum absolute atomic E-state index is 0.226. The van der Waals surface area contributed by atoms with E-state index in [0.29, 0.717) is 13.0 Å². The smallest absolute Gasteiger partial charge is 0.318 e. The van der Waals surface area contributed by atoms with Crippen LogP contribution in [0.2, 0.25) is 5.02 Å². The van der Waals surface area contributed by atoms with E-state index in [9.17, 15) is 4.79 Å². The first-order valence-corrected chi connectivity index (χ1v) is 7.54. The first-order chi connectivity index (χ1) is 10.6. The molecule has 2 aromatic carbocycles. The third-order valence-electron chi connectivity index (χ3n) is 3.17. The molecule has 2 rings (SSSR count). The average molecular weight is 315 g/mol. The van der Waals surface area contributed by atoms with Crippen molar-refractivity contribution in [1.82, 2.24) is 10.6 Å². The van der Waals surface area contributed by atoms with E-state index < -0.39 is 0 Å². The zero-order valence-electron chi connectivity index (χ0n) is 12.5. The van der Waals surface area contributed by atoms with Gasteiger partial charge in [0, 0.05) is 17.8 Å². The third kappa shape index (κ3) is 5.26. The van der Waals surface area contributed by atoms with E-state index in [0.717, 1.165) is 16.1 Å². The summed E-state index contributed by atoms with van der Waals surface area (Å²) in [4.78, 5) is 11.7. The Kier molecular flexibility index (Phi) is 6.04. The molecular formula is C18H19ClN2O. The van der Waals surface area contributed by atoms with Gasteiger partial charge in [0.1, 0.15) is 0 Å². The van der Waals surface area contributed by atoms with Gasteiger partial charge in [0.15, 0.2) is 0 Å². The van der Waals surface area contributed by atoms with Crippen molar-refractivity contribution < 1.29 is 4.79 Å². The monoisotopic (exact) mass is 314 g/mol. The highest BCUT2D eigenvalue weighted by molar-refractivity contribution is 6.31. The maximum atomic E-state index is 11.7. The second-order valence-corrected chi connectivity index (χ2v) is 5.40. The second kappa shape index (κ2) is 8.25. The van der Waals surface area contributed by atoms with Gasteiger partial charge in [0.25, 0.3) is 0 Å². The van der Waals surface area contributed by atoms with Crippen LogP contribution in [0.25, 0.3) is 6.08 Å². The minimum Gasteiger partial charge on any atom is -0.338 e. The number of hydrogen-bond acceptors (Lipinski definition) is 1. The molecule has 4 heteroatoms. The van der Waals surface area contributed by atoms with Crippen LogP contribution in [-0.2, 0) is 6.42 Å². The third-order valence-corrected chi connectivity index (χ3v) is 3.54. The summed E-state index contributed by atoms with van der Waals surface area (Å²) in [5, 5.41) is 6.21. The maximum absolute atomic E-state index is 11.7.